The second-order valence-electron chi connectivity index (χ2n) is 5.17. The number of rotatable bonds is 6. The Morgan fingerprint density at radius 2 is 1.96 bits per heavy atom. The number of amides is 1. The van der Waals surface area contributed by atoms with Crippen LogP contribution in [0.2, 0.25) is 0 Å². The summed E-state index contributed by atoms with van der Waals surface area (Å²) >= 11 is 0. The van der Waals surface area contributed by atoms with E-state index in [4.69, 9.17) is 21.6 Å². The molecule has 0 saturated carbocycles. The number of anilines is 2. The Labute approximate surface area is 175 Å². The molecule has 0 heterocycles. The zero-order valence-corrected chi connectivity index (χ0v) is 17.3. The summed E-state index contributed by atoms with van der Waals surface area (Å²) in [6.07, 6.45) is 5.34. The molecule has 27 heavy (non-hydrogen) atoms. The van der Waals surface area contributed by atoms with Crippen molar-refractivity contribution in [2.75, 3.05) is 31.4 Å². The maximum absolute atomic E-state index is 12.0. The number of carbonyl (C=O) groups is 1. The summed E-state index contributed by atoms with van der Waals surface area (Å²) in [7, 11) is 3.10. The number of terminal acetylenes is 1. The molecule has 142 valence electrons. The van der Waals surface area contributed by atoms with Gasteiger partial charge in [0.1, 0.15) is 18.0 Å². The second-order valence-corrected chi connectivity index (χ2v) is 5.17. The first-order valence-corrected chi connectivity index (χ1v) is 7.71. The number of methoxy groups -OCH3 is 2. The molecule has 0 aliphatic rings. The highest BCUT2D eigenvalue weighted by Gasteiger charge is 2.07. The van der Waals surface area contributed by atoms with Gasteiger partial charge in [-0.3, -0.25) is 4.79 Å². The molecule has 0 aromatic heterocycles. The third-order valence-electron chi connectivity index (χ3n) is 3.38. The number of guanidine groups is 1. The molecule has 2 aromatic rings. The van der Waals surface area contributed by atoms with E-state index in [-0.39, 0.29) is 42.4 Å². The van der Waals surface area contributed by atoms with Gasteiger partial charge in [-0.05, 0) is 30.3 Å². The number of ether oxygens (including phenoxy) is 2. The lowest BCUT2D eigenvalue weighted by Crippen LogP contribution is -2.25. The van der Waals surface area contributed by atoms with E-state index in [2.05, 4.69) is 21.5 Å². The van der Waals surface area contributed by atoms with Crippen molar-refractivity contribution in [2.24, 2.45) is 10.7 Å². The first-order chi connectivity index (χ1) is 12.5. The highest BCUT2D eigenvalue weighted by Crippen LogP contribution is 2.28. The van der Waals surface area contributed by atoms with E-state index in [0.717, 1.165) is 0 Å². The number of benzene rings is 2. The van der Waals surface area contributed by atoms with Crippen LogP contribution in [0.1, 0.15) is 5.56 Å². The third kappa shape index (κ3) is 6.71. The quantitative estimate of drug-likeness (QED) is 0.256. The van der Waals surface area contributed by atoms with Crippen molar-refractivity contribution in [3.63, 3.8) is 0 Å². The van der Waals surface area contributed by atoms with Gasteiger partial charge in [-0.15, -0.1) is 30.4 Å². The van der Waals surface area contributed by atoms with E-state index in [1.54, 1.807) is 49.6 Å². The van der Waals surface area contributed by atoms with E-state index in [1.807, 2.05) is 0 Å². The number of carbonyl (C=O) groups excluding carboxylic acids is 1. The third-order valence-corrected chi connectivity index (χ3v) is 3.38. The molecule has 0 aliphatic carbocycles. The largest absolute Gasteiger partial charge is 0.497 e. The summed E-state index contributed by atoms with van der Waals surface area (Å²) < 4.78 is 10.4. The minimum Gasteiger partial charge on any atom is -0.497 e. The monoisotopic (exact) mass is 480 g/mol. The lowest BCUT2D eigenvalue weighted by atomic mass is 10.2. The van der Waals surface area contributed by atoms with Gasteiger partial charge in [-0.25, -0.2) is 4.99 Å². The topological polar surface area (TPSA) is 98.0 Å². The summed E-state index contributed by atoms with van der Waals surface area (Å²) in [6.45, 7) is -0.147. The zero-order chi connectivity index (χ0) is 18.9. The molecule has 7 nitrogen and oxygen atoms in total. The fourth-order valence-electron chi connectivity index (χ4n) is 2.13. The van der Waals surface area contributed by atoms with Crippen LogP contribution >= 0.6 is 24.0 Å². The standard InChI is InChI=1S/C19H20N4O3.HI/c1-4-13-6-5-7-14(10-13)22-18(24)12-21-19(20)23-16-11-15(25-2)8-9-17(16)26-3;/h1,5-11H,12H2,2-3H3,(H,22,24)(H3,20,21,23);1H. The summed E-state index contributed by atoms with van der Waals surface area (Å²) in [6, 6.07) is 12.2. The van der Waals surface area contributed by atoms with Crippen LogP contribution in [0.25, 0.3) is 0 Å². The van der Waals surface area contributed by atoms with Crippen molar-refractivity contribution in [1.82, 2.24) is 0 Å². The Bertz CT molecular complexity index is 862. The molecule has 0 fully saturated rings. The highest BCUT2D eigenvalue weighted by atomic mass is 127. The molecular weight excluding hydrogens is 459 g/mol. The van der Waals surface area contributed by atoms with Gasteiger partial charge in [0.05, 0.1) is 19.9 Å². The predicted octanol–water partition coefficient (Wildman–Crippen LogP) is 2.67. The van der Waals surface area contributed by atoms with E-state index in [1.165, 1.54) is 7.11 Å². The lowest BCUT2D eigenvalue weighted by molar-refractivity contribution is -0.114. The number of nitrogens with two attached hydrogens (primary N) is 1. The molecule has 1 amide bonds. The fourth-order valence-corrected chi connectivity index (χ4v) is 2.13. The Kier molecular flexibility index (Phi) is 8.95. The first-order valence-electron chi connectivity index (χ1n) is 7.71. The van der Waals surface area contributed by atoms with Gasteiger partial charge in [-0.1, -0.05) is 12.0 Å². The van der Waals surface area contributed by atoms with Gasteiger partial charge in [0.2, 0.25) is 5.91 Å². The zero-order valence-electron chi connectivity index (χ0n) is 15.0. The van der Waals surface area contributed by atoms with Crippen LogP contribution in [0.5, 0.6) is 11.5 Å². The molecule has 0 radical (unpaired) electrons. The molecule has 0 aliphatic heterocycles. The van der Waals surface area contributed by atoms with E-state index in [9.17, 15) is 4.79 Å². The molecule has 0 saturated heterocycles. The average Bonchev–Trinajstić information content (AvgIpc) is 2.66. The number of nitrogens with zero attached hydrogens (tertiary/aromatic N) is 1. The molecule has 0 bridgehead atoms. The molecule has 4 N–H and O–H groups in total. The van der Waals surface area contributed by atoms with Crippen molar-refractivity contribution in [3.8, 4) is 23.8 Å². The van der Waals surface area contributed by atoms with Crippen LogP contribution in [-0.2, 0) is 4.79 Å². The van der Waals surface area contributed by atoms with Crippen molar-refractivity contribution < 1.29 is 14.3 Å². The SMILES string of the molecule is C#Cc1cccc(NC(=O)CN=C(N)Nc2cc(OC)ccc2OC)c1.I. The van der Waals surface area contributed by atoms with Crippen LogP contribution in [0.3, 0.4) is 0 Å². The maximum Gasteiger partial charge on any atom is 0.246 e. The van der Waals surface area contributed by atoms with E-state index in [0.29, 0.717) is 28.4 Å². The summed E-state index contributed by atoms with van der Waals surface area (Å²) in [5.41, 5.74) is 7.70. The molecule has 8 heteroatoms. The first kappa shape index (κ1) is 22.1. The van der Waals surface area contributed by atoms with Crippen LogP contribution in [0.4, 0.5) is 11.4 Å². The Balaban J connectivity index is 0.00000364. The number of hydrogen-bond donors (Lipinski definition) is 3. The van der Waals surface area contributed by atoms with Crippen molar-refractivity contribution in [1.29, 1.82) is 0 Å². The van der Waals surface area contributed by atoms with Gasteiger partial charge < -0.3 is 25.8 Å². The summed E-state index contributed by atoms with van der Waals surface area (Å²) in [4.78, 5) is 16.0. The van der Waals surface area contributed by atoms with Crippen molar-refractivity contribution in [3.05, 3.63) is 48.0 Å². The Hall–Kier alpha value is -2.93. The van der Waals surface area contributed by atoms with E-state index < -0.39 is 0 Å². The van der Waals surface area contributed by atoms with Gasteiger partial charge in [0.15, 0.2) is 5.96 Å². The average molecular weight is 480 g/mol. The minimum absolute atomic E-state index is 0. The Morgan fingerprint density at radius 1 is 1.19 bits per heavy atom. The van der Waals surface area contributed by atoms with Gasteiger partial charge >= 0.3 is 0 Å². The molecular formula is C19H21IN4O3. The second kappa shape index (κ2) is 10.9. The smallest absolute Gasteiger partial charge is 0.246 e. The number of halogens is 1. The molecule has 0 unspecified atom stereocenters. The summed E-state index contributed by atoms with van der Waals surface area (Å²) in [5, 5.41) is 5.60. The van der Waals surface area contributed by atoms with Crippen LogP contribution in [0, 0.1) is 12.3 Å². The number of aliphatic imine (C=N–C) groups is 1. The van der Waals surface area contributed by atoms with E-state index >= 15 is 0 Å². The number of nitrogens with one attached hydrogen (secondary N) is 2. The molecule has 0 spiro atoms. The van der Waals surface area contributed by atoms with Gasteiger partial charge in [-0.2, -0.15) is 0 Å². The van der Waals surface area contributed by atoms with Crippen LogP contribution in [-0.4, -0.2) is 32.6 Å². The Morgan fingerprint density at radius 3 is 2.63 bits per heavy atom. The van der Waals surface area contributed by atoms with Crippen LogP contribution < -0.4 is 25.8 Å². The number of hydrogen-bond acceptors (Lipinski definition) is 4. The van der Waals surface area contributed by atoms with Gasteiger partial charge in [0.25, 0.3) is 0 Å². The van der Waals surface area contributed by atoms with Crippen molar-refractivity contribution >= 4 is 47.2 Å². The summed E-state index contributed by atoms with van der Waals surface area (Å²) in [5.74, 6) is 3.46. The minimum atomic E-state index is -0.318. The van der Waals surface area contributed by atoms with Crippen LogP contribution in [0.15, 0.2) is 47.5 Å². The predicted molar refractivity (Wildman–Crippen MR) is 118 cm³/mol. The maximum atomic E-state index is 12.0. The molecule has 2 rings (SSSR count). The fraction of sp³-hybridized carbons (Fsp3) is 0.158. The molecule has 2 aromatic carbocycles. The van der Waals surface area contributed by atoms with Gasteiger partial charge in [0, 0.05) is 17.3 Å². The molecule has 0 atom stereocenters. The normalized spacial score (nSPS) is 10.2. The highest BCUT2D eigenvalue weighted by molar-refractivity contribution is 14.0. The lowest BCUT2D eigenvalue weighted by Gasteiger charge is -2.12. The van der Waals surface area contributed by atoms with Crippen molar-refractivity contribution in [2.45, 2.75) is 0 Å².